The van der Waals surface area contributed by atoms with Gasteiger partial charge >= 0.3 is 0 Å². The third kappa shape index (κ3) is 8.48. The molecule has 0 heterocycles. The van der Waals surface area contributed by atoms with Crippen LogP contribution in [0.1, 0.15) is 33.1 Å². The molecule has 86 valence electrons. The predicted molar refractivity (Wildman–Crippen MR) is 59.4 cm³/mol. The molecule has 0 aliphatic carbocycles. The largest absolute Gasteiger partial charge is 0.382 e. The molecule has 2 atom stereocenters. The highest BCUT2D eigenvalue weighted by molar-refractivity contribution is 4.64. The van der Waals surface area contributed by atoms with E-state index in [0.29, 0.717) is 25.7 Å². The van der Waals surface area contributed by atoms with Crippen molar-refractivity contribution < 1.29 is 9.47 Å². The molecule has 2 unspecified atom stereocenters. The van der Waals surface area contributed by atoms with E-state index in [1.165, 1.54) is 12.8 Å². The molecule has 0 spiro atoms. The molecule has 0 fully saturated rings. The van der Waals surface area contributed by atoms with Crippen LogP contribution in [0.25, 0.3) is 0 Å². The van der Waals surface area contributed by atoms with Gasteiger partial charge in [0, 0.05) is 13.2 Å². The first-order chi connectivity index (χ1) is 6.70. The van der Waals surface area contributed by atoms with E-state index >= 15 is 0 Å². The predicted octanol–water partition coefficient (Wildman–Crippen LogP) is 1.80. The average molecular weight is 203 g/mol. The maximum atomic E-state index is 5.92. The maximum absolute atomic E-state index is 5.92. The van der Waals surface area contributed by atoms with E-state index in [-0.39, 0.29) is 6.04 Å². The molecule has 0 aromatic rings. The van der Waals surface area contributed by atoms with Crippen molar-refractivity contribution in [2.24, 2.45) is 11.7 Å². The van der Waals surface area contributed by atoms with Gasteiger partial charge in [-0.15, -0.1) is 0 Å². The van der Waals surface area contributed by atoms with E-state index in [1.54, 1.807) is 7.11 Å². The minimum absolute atomic E-state index is 0.174. The Morgan fingerprint density at radius 1 is 1.29 bits per heavy atom. The van der Waals surface area contributed by atoms with Crippen molar-refractivity contribution in [1.29, 1.82) is 0 Å². The molecule has 0 aliphatic rings. The first kappa shape index (κ1) is 13.9. The van der Waals surface area contributed by atoms with Gasteiger partial charge in [-0.3, -0.25) is 0 Å². The van der Waals surface area contributed by atoms with Crippen LogP contribution in [0.3, 0.4) is 0 Å². The Morgan fingerprint density at radius 2 is 2.00 bits per heavy atom. The molecule has 14 heavy (non-hydrogen) atoms. The lowest BCUT2D eigenvalue weighted by molar-refractivity contribution is 0.0607. The summed E-state index contributed by atoms with van der Waals surface area (Å²) in [4.78, 5) is 0. The minimum atomic E-state index is 0.174. The van der Waals surface area contributed by atoms with Gasteiger partial charge in [0.05, 0.1) is 19.8 Å². The number of nitrogens with two attached hydrogens (primary N) is 1. The van der Waals surface area contributed by atoms with E-state index < -0.39 is 0 Å². The average Bonchev–Trinajstić information content (AvgIpc) is 2.13. The van der Waals surface area contributed by atoms with Crippen molar-refractivity contribution in [2.75, 3.05) is 26.9 Å². The van der Waals surface area contributed by atoms with Crippen LogP contribution in [-0.4, -0.2) is 33.0 Å². The van der Waals surface area contributed by atoms with Gasteiger partial charge in [-0.25, -0.2) is 0 Å². The lowest BCUT2D eigenvalue weighted by Gasteiger charge is -2.16. The Morgan fingerprint density at radius 3 is 2.57 bits per heavy atom. The Balaban J connectivity index is 3.30. The second-order valence-electron chi connectivity index (χ2n) is 3.96. The van der Waals surface area contributed by atoms with Crippen molar-refractivity contribution in [3.63, 3.8) is 0 Å². The Bertz CT molecular complexity index is 120. The lowest BCUT2D eigenvalue weighted by atomic mass is 9.98. The van der Waals surface area contributed by atoms with Gasteiger partial charge in [0.25, 0.3) is 0 Å². The normalized spacial score (nSPS) is 15.4. The summed E-state index contributed by atoms with van der Waals surface area (Å²) in [6.45, 7) is 6.40. The van der Waals surface area contributed by atoms with Crippen molar-refractivity contribution in [2.45, 2.75) is 39.2 Å². The van der Waals surface area contributed by atoms with E-state index in [9.17, 15) is 0 Å². The van der Waals surface area contributed by atoms with E-state index in [0.717, 1.165) is 6.42 Å². The third-order valence-corrected chi connectivity index (χ3v) is 2.25. The highest BCUT2D eigenvalue weighted by Crippen LogP contribution is 2.11. The third-order valence-electron chi connectivity index (χ3n) is 2.25. The number of hydrogen-bond acceptors (Lipinski definition) is 3. The van der Waals surface area contributed by atoms with E-state index in [2.05, 4.69) is 13.8 Å². The van der Waals surface area contributed by atoms with Crippen LogP contribution in [0.4, 0.5) is 0 Å². The topological polar surface area (TPSA) is 44.5 Å². The fraction of sp³-hybridized carbons (Fsp3) is 1.00. The van der Waals surface area contributed by atoms with Gasteiger partial charge in [-0.2, -0.15) is 0 Å². The van der Waals surface area contributed by atoms with Crippen LogP contribution in [0.2, 0.25) is 0 Å². The first-order valence-electron chi connectivity index (χ1n) is 5.53. The van der Waals surface area contributed by atoms with Crippen molar-refractivity contribution in [3.05, 3.63) is 0 Å². The minimum Gasteiger partial charge on any atom is -0.382 e. The number of ether oxygens (including phenoxy) is 2. The number of methoxy groups -OCH3 is 1. The van der Waals surface area contributed by atoms with Gasteiger partial charge in [0.2, 0.25) is 0 Å². The van der Waals surface area contributed by atoms with Gasteiger partial charge in [0.1, 0.15) is 0 Å². The fourth-order valence-corrected chi connectivity index (χ4v) is 1.57. The summed E-state index contributed by atoms with van der Waals surface area (Å²) in [5, 5.41) is 0. The highest BCUT2D eigenvalue weighted by Gasteiger charge is 2.08. The summed E-state index contributed by atoms with van der Waals surface area (Å²) in [6.07, 6.45) is 3.55. The molecule has 2 N–H and O–H groups in total. The van der Waals surface area contributed by atoms with Crippen LogP contribution < -0.4 is 5.73 Å². The summed E-state index contributed by atoms with van der Waals surface area (Å²) in [7, 11) is 1.67. The zero-order valence-corrected chi connectivity index (χ0v) is 9.79. The van der Waals surface area contributed by atoms with Crippen molar-refractivity contribution >= 4 is 0 Å². The van der Waals surface area contributed by atoms with E-state index in [1.807, 2.05) is 0 Å². The molecule has 0 amide bonds. The Kier molecular flexibility index (Phi) is 9.35. The quantitative estimate of drug-likeness (QED) is 0.581. The van der Waals surface area contributed by atoms with Crippen LogP contribution in [-0.2, 0) is 9.47 Å². The second kappa shape index (κ2) is 9.44. The maximum Gasteiger partial charge on any atom is 0.0701 e. The number of hydrogen-bond donors (Lipinski definition) is 1. The molecular weight excluding hydrogens is 178 g/mol. The molecule has 0 aromatic carbocycles. The molecule has 3 nitrogen and oxygen atoms in total. The van der Waals surface area contributed by atoms with Crippen LogP contribution in [0.15, 0.2) is 0 Å². The second-order valence-corrected chi connectivity index (χ2v) is 3.96. The zero-order valence-electron chi connectivity index (χ0n) is 9.79. The van der Waals surface area contributed by atoms with Crippen molar-refractivity contribution in [1.82, 2.24) is 0 Å². The van der Waals surface area contributed by atoms with Crippen LogP contribution in [0, 0.1) is 5.92 Å². The van der Waals surface area contributed by atoms with Crippen molar-refractivity contribution in [3.8, 4) is 0 Å². The van der Waals surface area contributed by atoms with Crippen LogP contribution >= 0.6 is 0 Å². The van der Waals surface area contributed by atoms with Gasteiger partial charge in [-0.1, -0.05) is 26.7 Å². The SMILES string of the molecule is CCCC(C)CC(N)COCCOC. The smallest absolute Gasteiger partial charge is 0.0701 e. The number of rotatable bonds is 9. The summed E-state index contributed by atoms with van der Waals surface area (Å²) in [5.41, 5.74) is 5.92. The molecule has 0 aromatic heterocycles. The van der Waals surface area contributed by atoms with Gasteiger partial charge in [0.15, 0.2) is 0 Å². The molecule has 0 aliphatic heterocycles. The molecule has 3 heteroatoms. The lowest BCUT2D eigenvalue weighted by Crippen LogP contribution is -2.29. The Hall–Kier alpha value is -0.120. The molecule has 0 bridgehead atoms. The molecular formula is C11H25NO2. The highest BCUT2D eigenvalue weighted by atomic mass is 16.5. The summed E-state index contributed by atoms with van der Waals surface area (Å²) < 4.78 is 10.2. The van der Waals surface area contributed by atoms with Gasteiger partial charge < -0.3 is 15.2 Å². The molecule has 0 saturated heterocycles. The van der Waals surface area contributed by atoms with Gasteiger partial charge in [-0.05, 0) is 12.3 Å². The summed E-state index contributed by atoms with van der Waals surface area (Å²) in [5.74, 6) is 0.709. The Labute approximate surface area is 88.0 Å². The first-order valence-corrected chi connectivity index (χ1v) is 5.53. The summed E-state index contributed by atoms with van der Waals surface area (Å²) >= 11 is 0. The molecule has 0 saturated carbocycles. The standard InChI is InChI=1S/C11H25NO2/c1-4-5-10(2)8-11(12)9-14-7-6-13-3/h10-11H,4-9,12H2,1-3H3. The van der Waals surface area contributed by atoms with E-state index in [4.69, 9.17) is 15.2 Å². The van der Waals surface area contributed by atoms with Crippen LogP contribution in [0.5, 0.6) is 0 Å². The fourth-order valence-electron chi connectivity index (χ4n) is 1.57. The monoisotopic (exact) mass is 203 g/mol. The molecule has 0 radical (unpaired) electrons. The summed E-state index contributed by atoms with van der Waals surface area (Å²) in [6, 6.07) is 0.174. The zero-order chi connectivity index (χ0) is 10.8. The molecule has 0 rings (SSSR count).